The van der Waals surface area contributed by atoms with E-state index in [1.165, 1.54) is 0 Å². The average Bonchev–Trinajstić information content (AvgIpc) is 1.90. The van der Waals surface area contributed by atoms with Crippen molar-refractivity contribution in [3.05, 3.63) is 35.9 Å². The van der Waals surface area contributed by atoms with Crippen molar-refractivity contribution in [2.75, 3.05) is 0 Å². The zero-order valence-electron chi connectivity index (χ0n) is 5.91. The van der Waals surface area contributed by atoms with Crippen LogP contribution < -0.4 is 0 Å². The molecule has 1 aromatic carbocycles. The summed E-state index contributed by atoms with van der Waals surface area (Å²) in [4.78, 5) is 0. The maximum absolute atomic E-state index is 9.02. The van der Waals surface area contributed by atoms with Gasteiger partial charge in [0.05, 0.1) is 6.10 Å². The van der Waals surface area contributed by atoms with E-state index < -0.39 is 0 Å². The molecule has 2 heteroatoms. The van der Waals surface area contributed by atoms with Gasteiger partial charge in [0.2, 0.25) is 0 Å². The zero-order chi connectivity index (χ0) is 6.69. The fraction of sp³-hybridized carbons (Fsp3) is 0.250. The fourth-order valence-corrected chi connectivity index (χ4v) is 0.732. The molecule has 0 aromatic heterocycles. The number of hydrogen-bond donors (Lipinski definition) is 1. The second-order valence-electron chi connectivity index (χ2n) is 2.09. The molecule has 0 amide bonds. The first-order valence-corrected chi connectivity index (χ1v) is 3.03. The van der Waals surface area contributed by atoms with Crippen LogP contribution in [-0.4, -0.2) is 5.11 Å². The summed E-state index contributed by atoms with van der Waals surface area (Å²) in [7, 11) is 0. The van der Waals surface area contributed by atoms with E-state index in [4.69, 9.17) is 5.11 Å². The SMILES string of the molecule is C[C@H](O)c1ccccc1.S. The molecule has 1 nitrogen and oxygen atoms in total. The van der Waals surface area contributed by atoms with Crippen molar-refractivity contribution in [2.45, 2.75) is 13.0 Å². The molecule has 0 spiro atoms. The molecule has 0 bridgehead atoms. The van der Waals surface area contributed by atoms with E-state index >= 15 is 0 Å². The van der Waals surface area contributed by atoms with Crippen LogP contribution in [0.4, 0.5) is 0 Å². The van der Waals surface area contributed by atoms with Gasteiger partial charge in [-0.3, -0.25) is 0 Å². The third-order valence-corrected chi connectivity index (χ3v) is 1.28. The first-order valence-electron chi connectivity index (χ1n) is 3.03. The lowest BCUT2D eigenvalue weighted by Crippen LogP contribution is -1.87. The van der Waals surface area contributed by atoms with Crippen LogP contribution in [0.5, 0.6) is 0 Å². The minimum absolute atomic E-state index is 0. The smallest absolute Gasteiger partial charge is 0.0761 e. The van der Waals surface area contributed by atoms with Gasteiger partial charge in [0.1, 0.15) is 0 Å². The van der Waals surface area contributed by atoms with E-state index in [-0.39, 0.29) is 19.6 Å². The fourth-order valence-electron chi connectivity index (χ4n) is 0.732. The lowest BCUT2D eigenvalue weighted by atomic mass is 10.1. The standard InChI is InChI=1S/C8H10O.H2S/c1-7(9)8-5-3-2-4-6-8;/h2-7,9H,1H3;1H2/t7-;/m0./s1. The minimum Gasteiger partial charge on any atom is -0.389 e. The molecule has 0 aliphatic rings. The molecular formula is C8H12OS. The van der Waals surface area contributed by atoms with Crippen LogP contribution >= 0.6 is 13.5 Å². The van der Waals surface area contributed by atoms with Crippen molar-refractivity contribution < 1.29 is 5.11 Å². The van der Waals surface area contributed by atoms with E-state index in [2.05, 4.69) is 0 Å². The van der Waals surface area contributed by atoms with Crippen LogP contribution in [-0.2, 0) is 0 Å². The molecule has 0 saturated heterocycles. The van der Waals surface area contributed by atoms with Crippen molar-refractivity contribution in [3.63, 3.8) is 0 Å². The van der Waals surface area contributed by atoms with Crippen LogP contribution in [0.3, 0.4) is 0 Å². The van der Waals surface area contributed by atoms with Gasteiger partial charge < -0.3 is 5.11 Å². The van der Waals surface area contributed by atoms with E-state index in [0.717, 1.165) is 5.56 Å². The molecule has 1 N–H and O–H groups in total. The quantitative estimate of drug-likeness (QED) is 0.658. The molecule has 0 fully saturated rings. The van der Waals surface area contributed by atoms with Gasteiger partial charge in [-0.15, -0.1) is 0 Å². The lowest BCUT2D eigenvalue weighted by molar-refractivity contribution is 0.199. The summed E-state index contributed by atoms with van der Waals surface area (Å²) < 4.78 is 0. The summed E-state index contributed by atoms with van der Waals surface area (Å²) >= 11 is 0. The highest BCUT2D eigenvalue weighted by atomic mass is 32.1. The summed E-state index contributed by atoms with van der Waals surface area (Å²) in [5, 5.41) is 9.02. The molecule has 56 valence electrons. The van der Waals surface area contributed by atoms with Crippen LogP contribution in [0, 0.1) is 0 Å². The third-order valence-electron chi connectivity index (χ3n) is 1.28. The van der Waals surface area contributed by atoms with Gasteiger partial charge in [-0.1, -0.05) is 30.3 Å². The van der Waals surface area contributed by atoms with E-state index in [9.17, 15) is 0 Å². The molecule has 1 rings (SSSR count). The Morgan fingerprint density at radius 3 is 2.00 bits per heavy atom. The summed E-state index contributed by atoms with van der Waals surface area (Å²) in [6.45, 7) is 1.76. The van der Waals surface area contributed by atoms with Gasteiger partial charge in [-0.05, 0) is 12.5 Å². The van der Waals surface area contributed by atoms with Gasteiger partial charge in [-0.25, -0.2) is 0 Å². The van der Waals surface area contributed by atoms with E-state index in [1.807, 2.05) is 30.3 Å². The molecule has 0 unspecified atom stereocenters. The predicted octanol–water partition coefficient (Wildman–Crippen LogP) is 1.85. The van der Waals surface area contributed by atoms with Crippen molar-refractivity contribution >= 4 is 13.5 Å². The van der Waals surface area contributed by atoms with Crippen LogP contribution in [0.25, 0.3) is 0 Å². The van der Waals surface area contributed by atoms with Gasteiger partial charge in [-0.2, -0.15) is 13.5 Å². The zero-order valence-corrected chi connectivity index (χ0v) is 6.91. The molecule has 0 aliphatic heterocycles. The van der Waals surface area contributed by atoms with E-state index in [0.29, 0.717) is 0 Å². The maximum Gasteiger partial charge on any atom is 0.0761 e. The Hall–Kier alpha value is -0.470. The second-order valence-corrected chi connectivity index (χ2v) is 2.09. The predicted molar refractivity (Wildman–Crippen MR) is 47.5 cm³/mol. The third kappa shape index (κ3) is 2.42. The summed E-state index contributed by atoms with van der Waals surface area (Å²) in [6, 6.07) is 9.59. The van der Waals surface area contributed by atoms with Gasteiger partial charge in [0, 0.05) is 0 Å². The van der Waals surface area contributed by atoms with Gasteiger partial charge in [0.15, 0.2) is 0 Å². The van der Waals surface area contributed by atoms with Crippen LogP contribution in [0.1, 0.15) is 18.6 Å². The topological polar surface area (TPSA) is 20.2 Å². The second kappa shape index (κ2) is 4.36. The molecule has 1 atom stereocenters. The molecule has 10 heavy (non-hydrogen) atoms. The van der Waals surface area contributed by atoms with Gasteiger partial charge in [0.25, 0.3) is 0 Å². The number of aliphatic hydroxyl groups is 1. The van der Waals surface area contributed by atoms with E-state index in [1.54, 1.807) is 6.92 Å². The molecule has 0 saturated carbocycles. The Kier molecular flexibility index (Phi) is 4.16. The van der Waals surface area contributed by atoms with Crippen molar-refractivity contribution in [1.29, 1.82) is 0 Å². The average molecular weight is 156 g/mol. The van der Waals surface area contributed by atoms with Crippen LogP contribution in [0.2, 0.25) is 0 Å². The van der Waals surface area contributed by atoms with Crippen molar-refractivity contribution in [3.8, 4) is 0 Å². The number of benzene rings is 1. The Bertz CT molecular complexity index is 172. The van der Waals surface area contributed by atoms with Crippen LogP contribution in [0.15, 0.2) is 30.3 Å². The summed E-state index contributed by atoms with van der Waals surface area (Å²) in [6.07, 6.45) is -0.341. The number of hydrogen-bond acceptors (Lipinski definition) is 1. The highest BCUT2D eigenvalue weighted by Crippen LogP contribution is 2.08. The first kappa shape index (κ1) is 9.53. The molecule has 0 radical (unpaired) electrons. The van der Waals surface area contributed by atoms with Gasteiger partial charge >= 0.3 is 0 Å². The highest BCUT2D eigenvalue weighted by Gasteiger charge is 1.95. The van der Waals surface area contributed by atoms with Crippen molar-refractivity contribution in [2.24, 2.45) is 0 Å². The Morgan fingerprint density at radius 1 is 1.20 bits per heavy atom. The Morgan fingerprint density at radius 2 is 1.70 bits per heavy atom. The summed E-state index contributed by atoms with van der Waals surface area (Å²) in [5.74, 6) is 0. The molecular weight excluding hydrogens is 144 g/mol. The largest absolute Gasteiger partial charge is 0.389 e. The lowest BCUT2D eigenvalue weighted by Gasteiger charge is -2.00. The minimum atomic E-state index is -0.341. The first-order chi connectivity index (χ1) is 4.30. The molecule has 0 aliphatic carbocycles. The number of rotatable bonds is 1. The molecule has 1 aromatic rings. The Labute approximate surface area is 68.1 Å². The normalized spacial score (nSPS) is 11.8. The summed E-state index contributed by atoms with van der Waals surface area (Å²) in [5.41, 5.74) is 0.970. The maximum atomic E-state index is 9.02. The Balaban J connectivity index is 0.000000810. The van der Waals surface area contributed by atoms with Crippen molar-refractivity contribution in [1.82, 2.24) is 0 Å². The molecule has 0 heterocycles. The monoisotopic (exact) mass is 156 g/mol. The highest BCUT2D eigenvalue weighted by molar-refractivity contribution is 7.59. The number of aliphatic hydroxyl groups excluding tert-OH is 1.